The zero-order valence-electron chi connectivity index (χ0n) is 48.2. The molecule has 0 radical (unpaired) electrons. The van der Waals surface area contributed by atoms with E-state index in [1.54, 1.807) is 50.4 Å². The van der Waals surface area contributed by atoms with Crippen LogP contribution in [0.3, 0.4) is 0 Å². The van der Waals surface area contributed by atoms with Gasteiger partial charge in [-0.25, -0.2) is 19.7 Å². The highest BCUT2D eigenvalue weighted by molar-refractivity contribution is 5.97. The normalized spacial score (nSPS) is 18.2. The van der Waals surface area contributed by atoms with Crippen LogP contribution < -0.4 is 48.3 Å². The minimum absolute atomic E-state index is 0.0112. The molecule has 3 aromatic heterocycles. The van der Waals surface area contributed by atoms with E-state index in [2.05, 4.69) is 72.4 Å². The predicted octanol–water partition coefficient (Wildman–Crippen LogP) is -0.680. The molecule has 4 aromatic rings. The van der Waals surface area contributed by atoms with Gasteiger partial charge in [0.15, 0.2) is 0 Å². The number of benzene rings is 1. The number of aliphatic carboxylic acids is 1. The maximum Gasteiger partial charge on any atom is 0.326 e. The van der Waals surface area contributed by atoms with Crippen molar-refractivity contribution in [1.29, 1.82) is 0 Å². The van der Waals surface area contributed by atoms with Crippen molar-refractivity contribution in [3.05, 3.63) is 90.5 Å². The molecule has 0 saturated carbocycles. The van der Waals surface area contributed by atoms with Crippen molar-refractivity contribution >= 4 is 53.2 Å². The zero-order valence-corrected chi connectivity index (χ0v) is 48.2. The summed E-state index contributed by atoms with van der Waals surface area (Å²) in [5, 5.41) is 44.2. The summed E-state index contributed by atoms with van der Waals surface area (Å²) in [6.45, 7) is 8.46. The third kappa shape index (κ3) is 19.8. The van der Waals surface area contributed by atoms with Crippen LogP contribution in [0.4, 0.5) is 0 Å². The minimum Gasteiger partial charge on any atom is -0.480 e. The van der Waals surface area contributed by atoms with E-state index in [1.807, 2.05) is 13.8 Å². The fourth-order valence-electron chi connectivity index (χ4n) is 10.4. The third-order valence-electron chi connectivity index (χ3n) is 15.2. The zero-order chi connectivity index (χ0) is 60.7. The Balaban J connectivity index is 1.16. The lowest BCUT2D eigenvalue weighted by atomic mass is 9.95. The predicted molar refractivity (Wildman–Crippen MR) is 306 cm³/mol. The van der Waals surface area contributed by atoms with Crippen molar-refractivity contribution in [3.8, 4) is 0 Å². The van der Waals surface area contributed by atoms with Crippen molar-refractivity contribution in [2.24, 2.45) is 17.6 Å². The molecule has 2 fully saturated rings. The fourth-order valence-corrected chi connectivity index (χ4v) is 10.4. The van der Waals surface area contributed by atoms with Crippen LogP contribution in [0.15, 0.2) is 67.9 Å². The van der Waals surface area contributed by atoms with E-state index in [-0.39, 0.29) is 63.3 Å². The Kier molecular flexibility index (Phi) is 25.4. The minimum atomic E-state index is -1.53. The van der Waals surface area contributed by atoms with Gasteiger partial charge in [-0.2, -0.15) is 0 Å². The number of rotatable bonds is 34. The smallest absolute Gasteiger partial charge is 0.326 e. The van der Waals surface area contributed by atoms with Gasteiger partial charge in [-0.1, -0.05) is 64.4 Å². The standard InChI is InChI=1S/C57H84N16O11/c1-5-34(4)49(55(81)70-44(24-37-28-60-31-64-37)52(78)66-40(57(83)84)15-9-10-18-58)72-48(75)26-47(74)41(21-33(2)3)67-53(79)43(23-36-27-59-30-63-36)68-51(77)42(22-35-13-7-6-8-14-35)69-54(80)46-17-12-20-73(46)56(82)45(25-38-29-61-32-65-38)71-50(76)39-16-11-19-62-39/h6-8,13-14,27-34,39-47,49,62,74H,5,9-12,15-26,58H2,1-4H3,(H,59,63)(H,60,64)(H,61,65)(H,66,78)(H,67,79)(H,68,77)(H,69,80)(H,70,81)(H,71,76)(H,72,75)(H,83,84)/t34-,39-,40+,41-,42-,43-,44-,45-,46-,47?,49-/m0/s1. The molecule has 27 heteroatoms. The molecule has 2 saturated heterocycles. The molecule has 0 spiro atoms. The molecule has 6 rings (SSSR count). The highest BCUT2D eigenvalue weighted by Crippen LogP contribution is 2.22. The molecular formula is C57H84N16O11. The Morgan fingerprint density at radius 1 is 0.667 bits per heavy atom. The van der Waals surface area contributed by atoms with Crippen LogP contribution in [0.5, 0.6) is 0 Å². The summed E-state index contributed by atoms with van der Waals surface area (Å²) in [5.41, 5.74) is 7.81. The number of aliphatic hydroxyl groups is 1. The van der Waals surface area contributed by atoms with E-state index >= 15 is 0 Å². The summed E-state index contributed by atoms with van der Waals surface area (Å²) in [6, 6.07) is -1.04. The SMILES string of the molecule is CC[C@H](C)[C@H](NC(=O)CC(O)[C@H](CC(C)C)NC(=O)[C@H](Cc1cnc[nH]1)NC(=O)[C@H](Cc1ccccc1)NC(=O)[C@@H]1CCCN1C(=O)[C@H](Cc1cnc[nH]1)NC(=O)[C@@H]1CCCN1)C(=O)N[C@@H](Cc1cnc[nH]1)C(=O)N[C@H](CCCCN)C(=O)O. The van der Waals surface area contributed by atoms with Crippen LogP contribution in [-0.2, 0) is 68.8 Å². The van der Waals surface area contributed by atoms with Crippen molar-refractivity contribution in [2.45, 2.75) is 178 Å². The fraction of sp³-hybridized carbons (Fsp3) is 0.579. The molecule has 0 bridgehead atoms. The number of hydrogen-bond donors (Lipinski definition) is 14. The summed E-state index contributed by atoms with van der Waals surface area (Å²) in [4.78, 5) is 148. The topological polar surface area (TPSA) is 406 Å². The van der Waals surface area contributed by atoms with Crippen LogP contribution in [-0.4, -0.2) is 178 Å². The molecule has 2 aliphatic heterocycles. The number of likely N-dealkylation sites (tertiary alicyclic amines) is 1. The third-order valence-corrected chi connectivity index (χ3v) is 15.2. The Hall–Kier alpha value is -8.04. The van der Waals surface area contributed by atoms with Gasteiger partial charge in [0.2, 0.25) is 47.3 Å². The van der Waals surface area contributed by atoms with E-state index in [0.717, 1.165) is 6.42 Å². The number of aromatic nitrogens is 6. The van der Waals surface area contributed by atoms with Crippen molar-refractivity contribution in [3.63, 3.8) is 0 Å². The number of carbonyl (C=O) groups is 9. The summed E-state index contributed by atoms with van der Waals surface area (Å²) in [6.07, 6.45) is 10.3. The lowest BCUT2D eigenvalue weighted by molar-refractivity contribution is -0.142. The van der Waals surface area contributed by atoms with E-state index in [0.29, 0.717) is 67.8 Å². The van der Waals surface area contributed by atoms with E-state index < -0.39 is 120 Å². The molecule has 84 heavy (non-hydrogen) atoms. The first kappa shape index (κ1) is 65.1. The first-order valence-corrected chi connectivity index (χ1v) is 29.1. The molecular weight excluding hydrogens is 1080 g/mol. The number of hydrogen-bond acceptors (Lipinski definition) is 15. The number of unbranched alkanes of at least 4 members (excludes halogenated alkanes) is 1. The summed E-state index contributed by atoms with van der Waals surface area (Å²) in [5.74, 6) is -7.05. The van der Waals surface area contributed by atoms with Gasteiger partial charge >= 0.3 is 5.97 Å². The first-order valence-electron chi connectivity index (χ1n) is 29.1. The van der Waals surface area contributed by atoms with Gasteiger partial charge in [0.05, 0.1) is 43.6 Å². The van der Waals surface area contributed by atoms with Gasteiger partial charge in [0.1, 0.15) is 42.3 Å². The van der Waals surface area contributed by atoms with Crippen LogP contribution in [0.1, 0.15) is 115 Å². The molecule has 8 amide bonds. The number of nitrogens with two attached hydrogens (primary N) is 1. The van der Waals surface area contributed by atoms with Crippen LogP contribution in [0.25, 0.3) is 0 Å². The molecule has 15 N–H and O–H groups in total. The highest BCUT2D eigenvalue weighted by atomic mass is 16.4. The number of nitrogens with one attached hydrogen (secondary N) is 11. The Bertz CT molecular complexity index is 2740. The Morgan fingerprint density at radius 2 is 1.23 bits per heavy atom. The van der Waals surface area contributed by atoms with Gasteiger partial charge in [-0.15, -0.1) is 0 Å². The maximum atomic E-state index is 14.7. The van der Waals surface area contributed by atoms with Gasteiger partial charge in [0.25, 0.3) is 0 Å². The second-order valence-electron chi connectivity index (χ2n) is 22.2. The molecule has 5 heterocycles. The van der Waals surface area contributed by atoms with Crippen molar-refractivity contribution in [2.75, 3.05) is 19.6 Å². The van der Waals surface area contributed by atoms with Gasteiger partial charge in [-0.05, 0) is 81.9 Å². The Morgan fingerprint density at radius 3 is 1.76 bits per heavy atom. The number of H-pyrrole nitrogens is 3. The van der Waals surface area contributed by atoms with E-state index in [1.165, 1.54) is 36.3 Å². The van der Waals surface area contributed by atoms with Crippen molar-refractivity contribution in [1.82, 2.24) is 77.3 Å². The lowest BCUT2D eigenvalue weighted by Gasteiger charge is -2.31. The number of carbonyl (C=O) groups excluding carboxylic acids is 8. The number of amides is 8. The second-order valence-corrected chi connectivity index (χ2v) is 22.2. The van der Waals surface area contributed by atoms with Gasteiger partial charge in [-0.3, -0.25) is 38.4 Å². The number of nitrogens with zero attached hydrogens (tertiary/aromatic N) is 4. The maximum absolute atomic E-state index is 14.7. The number of carboxylic acids is 1. The molecule has 0 aliphatic carbocycles. The van der Waals surface area contributed by atoms with Gasteiger partial charge in [0, 0.05) is 67.9 Å². The highest BCUT2D eigenvalue weighted by Gasteiger charge is 2.41. The molecule has 2 aliphatic rings. The molecule has 11 atom stereocenters. The van der Waals surface area contributed by atoms with E-state index in [4.69, 9.17) is 5.73 Å². The van der Waals surface area contributed by atoms with E-state index in [9.17, 15) is 53.4 Å². The summed E-state index contributed by atoms with van der Waals surface area (Å²) in [7, 11) is 0. The van der Waals surface area contributed by atoms with Crippen LogP contribution in [0, 0.1) is 11.8 Å². The molecule has 27 nitrogen and oxygen atoms in total. The number of carboxylic acid groups (broad SMARTS) is 1. The van der Waals surface area contributed by atoms with Crippen LogP contribution in [0.2, 0.25) is 0 Å². The number of aliphatic hydroxyl groups excluding tert-OH is 1. The quantitative estimate of drug-likeness (QED) is 0.0258. The van der Waals surface area contributed by atoms with Crippen molar-refractivity contribution < 1.29 is 53.4 Å². The second kappa shape index (κ2) is 32.7. The number of imidazole rings is 3. The van der Waals surface area contributed by atoms with Crippen LogP contribution >= 0.6 is 0 Å². The monoisotopic (exact) mass is 1170 g/mol. The first-order chi connectivity index (χ1) is 40.3. The molecule has 1 unspecified atom stereocenters. The molecule has 458 valence electrons. The average molecular weight is 1170 g/mol. The van der Waals surface area contributed by atoms with Gasteiger partial charge < -0.3 is 78.3 Å². The Labute approximate surface area is 488 Å². The lowest BCUT2D eigenvalue weighted by Crippen LogP contribution is -2.60. The molecule has 1 aromatic carbocycles. The largest absolute Gasteiger partial charge is 0.480 e. The number of aromatic amines is 3. The summed E-state index contributed by atoms with van der Waals surface area (Å²) < 4.78 is 0. The average Bonchev–Trinajstić information content (AvgIpc) is 4.46. The summed E-state index contributed by atoms with van der Waals surface area (Å²) >= 11 is 0.